The lowest BCUT2D eigenvalue weighted by Crippen LogP contribution is -2.34. The number of aliphatic hydroxyl groups is 1. The van der Waals surface area contributed by atoms with Crippen molar-refractivity contribution in [3.8, 4) is 0 Å². The molecule has 0 aromatic rings. The smallest absolute Gasteiger partial charge is 0.308 e. The van der Waals surface area contributed by atoms with E-state index in [1.165, 1.54) is 5.57 Å². The summed E-state index contributed by atoms with van der Waals surface area (Å²) in [5, 5.41) is 9.73. The Bertz CT molecular complexity index is 479. The summed E-state index contributed by atoms with van der Waals surface area (Å²) in [5.41, 5.74) is 1.46. The van der Waals surface area contributed by atoms with E-state index >= 15 is 0 Å². The lowest BCUT2D eigenvalue weighted by molar-refractivity contribution is -0.160. The SMILES string of the molecule is C[C@@H]1C=C2C=C[C@@H](C)[C@@H](CC[C@@H]3C[C@@H](O)CC(=O)O3)[C@@H]2[CH]C1. The Hall–Kier alpha value is -1.09. The summed E-state index contributed by atoms with van der Waals surface area (Å²) in [5.74, 6) is 2.07. The van der Waals surface area contributed by atoms with E-state index in [-0.39, 0.29) is 18.5 Å². The van der Waals surface area contributed by atoms with Gasteiger partial charge in [-0.05, 0) is 54.9 Å². The maximum absolute atomic E-state index is 11.5. The minimum Gasteiger partial charge on any atom is -0.462 e. The summed E-state index contributed by atoms with van der Waals surface area (Å²) >= 11 is 0. The van der Waals surface area contributed by atoms with Crippen LogP contribution in [0, 0.1) is 30.1 Å². The summed E-state index contributed by atoms with van der Waals surface area (Å²) < 4.78 is 5.39. The number of hydrogen-bond donors (Lipinski definition) is 1. The predicted molar refractivity (Wildman–Crippen MR) is 85.8 cm³/mol. The van der Waals surface area contributed by atoms with Gasteiger partial charge in [0.15, 0.2) is 0 Å². The highest BCUT2D eigenvalue weighted by Gasteiger charge is 2.35. The monoisotopic (exact) mass is 303 g/mol. The van der Waals surface area contributed by atoms with Crippen molar-refractivity contribution >= 4 is 5.97 Å². The number of ether oxygens (including phenoxy) is 1. The molecule has 1 saturated heterocycles. The number of aliphatic hydroxyl groups excluding tert-OH is 1. The van der Waals surface area contributed by atoms with Gasteiger partial charge in [-0.1, -0.05) is 32.1 Å². The van der Waals surface area contributed by atoms with Crippen LogP contribution in [0.5, 0.6) is 0 Å². The molecule has 22 heavy (non-hydrogen) atoms. The molecule has 121 valence electrons. The Morgan fingerprint density at radius 2 is 2.14 bits per heavy atom. The second kappa shape index (κ2) is 6.57. The fourth-order valence-corrected chi connectivity index (χ4v) is 4.19. The van der Waals surface area contributed by atoms with Crippen molar-refractivity contribution < 1.29 is 14.6 Å². The van der Waals surface area contributed by atoms with E-state index in [0.29, 0.717) is 30.1 Å². The molecule has 0 saturated carbocycles. The first kappa shape index (κ1) is 15.8. The molecule has 3 nitrogen and oxygen atoms in total. The molecule has 1 N–H and O–H groups in total. The molecule has 0 spiro atoms. The molecule has 2 aliphatic carbocycles. The van der Waals surface area contributed by atoms with Gasteiger partial charge in [-0.3, -0.25) is 4.79 Å². The van der Waals surface area contributed by atoms with E-state index in [9.17, 15) is 9.90 Å². The molecule has 1 fully saturated rings. The lowest BCUT2D eigenvalue weighted by atomic mass is 9.66. The third kappa shape index (κ3) is 3.45. The Morgan fingerprint density at radius 3 is 2.91 bits per heavy atom. The van der Waals surface area contributed by atoms with Gasteiger partial charge in [0.05, 0.1) is 12.5 Å². The zero-order chi connectivity index (χ0) is 15.7. The van der Waals surface area contributed by atoms with Crippen LogP contribution in [-0.4, -0.2) is 23.3 Å². The molecule has 1 radical (unpaired) electrons. The highest BCUT2D eigenvalue weighted by atomic mass is 16.5. The van der Waals surface area contributed by atoms with Crippen molar-refractivity contribution in [2.24, 2.45) is 23.7 Å². The van der Waals surface area contributed by atoms with Gasteiger partial charge in [0.25, 0.3) is 0 Å². The Morgan fingerprint density at radius 1 is 1.32 bits per heavy atom. The van der Waals surface area contributed by atoms with E-state index in [4.69, 9.17) is 4.74 Å². The minimum atomic E-state index is -0.521. The van der Waals surface area contributed by atoms with Crippen molar-refractivity contribution in [1.29, 1.82) is 0 Å². The Balaban J connectivity index is 1.63. The Labute approximate surface area is 133 Å². The Kier molecular flexibility index (Phi) is 4.72. The summed E-state index contributed by atoms with van der Waals surface area (Å²) in [6.45, 7) is 4.55. The zero-order valence-corrected chi connectivity index (χ0v) is 13.6. The summed E-state index contributed by atoms with van der Waals surface area (Å²) in [6.07, 6.45) is 12.7. The number of hydrogen-bond acceptors (Lipinski definition) is 3. The summed E-state index contributed by atoms with van der Waals surface area (Å²) in [7, 11) is 0. The van der Waals surface area contributed by atoms with Gasteiger partial charge in [-0.25, -0.2) is 0 Å². The second-order valence-electron chi connectivity index (χ2n) is 7.31. The number of allylic oxidation sites excluding steroid dienone is 4. The maximum Gasteiger partial charge on any atom is 0.308 e. The first-order valence-corrected chi connectivity index (χ1v) is 8.63. The van der Waals surface area contributed by atoms with Gasteiger partial charge in [0.2, 0.25) is 0 Å². The molecule has 0 bridgehead atoms. The minimum absolute atomic E-state index is 0.107. The van der Waals surface area contributed by atoms with Crippen molar-refractivity contribution in [2.75, 3.05) is 0 Å². The first-order chi connectivity index (χ1) is 10.5. The molecule has 1 aliphatic heterocycles. The van der Waals surface area contributed by atoms with Crippen LogP contribution < -0.4 is 0 Å². The molecule has 0 aromatic heterocycles. The third-order valence-electron chi connectivity index (χ3n) is 5.41. The number of carbonyl (C=O) groups is 1. The maximum atomic E-state index is 11.5. The average molecular weight is 303 g/mol. The van der Waals surface area contributed by atoms with E-state index in [2.05, 4.69) is 38.5 Å². The largest absolute Gasteiger partial charge is 0.462 e. The molecule has 0 amide bonds. The van der Waals surface area contributed by atoms with Crippen molar-refractivity contribution in [1.82, 2.24) is 0 Å². The predicted octanol–water partition coefficient (Wildman–Crippen LogP) is 3.44. The van der Waals surface area contributed by atoms with Crippen molar-refractivity contribution in [3.63, 3.8) is 0 Å². The molecular formula is C19H27O3. The van der Waals surface area contributed by atoms with Crippen LogP contribution >= 0.6 is 0 Å². The topological polar surface area (TPSA) is 46.5 Å². The number of rotatable bonds is 3. The molecule has 0 unspecified atom stereocenters. The number of esters is 1. The normalized spacial score (nSPS) is 41.6. The molecule has 1 heterocycles. The highest BCUT2D eigenvalue weighted by molar-refractivity contribution is 5.70. The molecule has 6 atom stereocenters. The highest BCUT2D eigenvalue weighted by Crippen LogP contribution is 2.43. The molecule has 3 heteroatoms. The standard InChI is InChI=1S/C19H27O3/c1-12-3-7-18-14(9-12)5-4-13(2)17(18)8-6-16-10-15(20)11-19(21)22-16/h4-5,7,9,12-13,15-18,20H,3,6,8,10-11H2,1-2H3/t12-,13+,15+,16+,17+,18+/m0/s1. The van der Waals surface area contributed by atoms with Crippen LogP contribution in [0.3, 0.4) is 0 Å². The number of fused-ring (bicyclic) bond motifs is 1. The quantitative estimate of drug-likeness (QED) is 0.812. The second-order valence-corrected chi connectivity index (χ2v) is 7.31. The lowest BCUT2D eigenvalue weighted by Gasteiger charge is -2.39. The van der Waals surface area contributed by atoms with Gasteiger partial charge < -0.3 is 9.84 Å². The fraction of sp³-hybridized carbons (Fsp3) is 0.684. The molecular weight excluding hydrogens is 276 g/mol. The number of cyclic esters (lactones) is 1. The van der Waals surface area contributed by atoms with Crippen LogP contribution in [-0.2, 0) is 9.53 Å². The van der Waals surface area contributed by atoms with Gasteiger partial charge in [0, 0.05) is 6.42 Å². The summed E-state index contributed by atoms with van der Waals surface area (Å²) in [6, 6.07) is 0. The van der Waals surface area contributed by atoms with E-state index in [1.54, 1.807) is 0 Å². The van der Waals surface area contributed by atoms with Crippen molar-refractivity contribution in [2.45, 2.75) is 58.2 Å². The average Bonchev–Trinajstić information content (AvgIpc) is 2.45. The summed E-state index contributed by atoms with van der Waals surface area (Å²) in [4.78, 5) is 11.5. The third-order valence-corrected chi connectivity index (χ3v) is 5.41. The van der Waals surface area contributed by atoms with Crippen LogP contribution in [0.1, 0.15) is 46.0 Å². The van der Waals surface area contributed by atoms with Crippen LogP contribution in [0.25, 0.3) is 0 Å². The van der Waals surface area contributed by atoms with Gasteiger partial charge in [-0.2, -0.15) is 0 Å². The first-order valence-electron chi connectivity index (χ1n) is 8.63. The zero-order valence-electron chi connectivity index (χ0n) is 13.6. The molecule has 0 aromatic carbocycles. The van der Waals surface area contributed by atoms with E-state index in [1.807, 2.05) is 0 Å². The molecule has 3 aliphatic rings. The van der Waals surface area contributed by atoms with Crippen molar-refractivity contribution in [3.05, 3.63) is 30.2 Å². The number of carbonyl (C=O) groups excluding carboxylic acids is 1. The van der Waals surface area contributed by atoms with E-state index < -0.39 is 6.10 Å². The van der Waals surface area contributed by atoms with Gasteiger partial charge in [0.1, 0.15) is 6.10 Å². The van der Waals surface area contributed by atoms with E-state index in [0.717, 1.165) is 19.3 Å². The van der Waals surface area contributed by atoms with Gasteiger partial charge in [-0.15, -0.1) is 0 Å². The van der Waals surface area contributed by atoms with Crippen LogP contribution in [0.4, 0.5) is 0 Å². The fourth-order valence-electron chi connectivity index (χ4n) is 4.19. The van der Waals surface area contributed by atoms with Crippen LogP contribution in [0.2, 0.25) is 0 Å². The van der Waals surface area contributed by atoms with Gasteiger partial charge >= 0.3 is 5.97 Å². The van der Waals surface area contributed by atoms with Crippen LogP contribution in [0.15, 0.2) is 23.8 Å². The molecule has 3 rings (SSSR count).